The maximum atomic E-state index is 10.5. The third-order valence-corrected chi connectivity index (χ3v) is 1.17. The van der Waals surface area contributed by atoms with Crippen molar-refractivity contribution in [3.05, 3.63) is 10.4 Å². The van der Waals surface area contributed by atoms with Gasteiger partial charge in [-0.15, -0.1) is 0 Å². The van der Waals surface area contributed by atoms with E-state index in [1.165, 1.54) is 0 Å². The van der Waals surface area contributed by atoms with Crippen LogP contribution in [0.1, 0.15) is 6.42 Å². The molecule has 0 spiro atoms. The minimum absolute atomic E-state index is 0.494. The maximum Gasteiger partial charge on any atom is 0.221 e. The van der Waals surface area contributed by atoms with Crippen LogP contribution in [0.15, 0.2) is 5.11 Å². The van der Waals surface area contributed by atoms with Crippen molar-refractivity contribution < 1.29 is 20.1 Å². The fourth-order valence-corrected chi connectivity index (χ4v) is 0.527. The Labute approximate surface area is 67.9 Å². The van der Waals surface area contributed by atoms with E-state index in [4.69, 9.17) is 20.9 Å². The topological polar surface area (TPSA) is 127 Å². The molecule has 2 atom stereocenters. The lowest BCUT2D eigenvalue weighted by Crippen LogP contribution is -2.30. The van der Waals surface area contributed by atoms with Gasteiger partial charge in [0, 0.05) is 11.3 Å². The standard InChI is InChI=1S/C5H9N3O4/c6-8-7-5(12)1-3(10)4(11)2-9/h3-4,9-11H,1-2H2. The van der Waals surface area contributed by atoms with Crippen LogP contribution in [0.3, 0.4) is 0 Å². The van der Waals surface area contributed by atoms with Gasteiger partial charge in [-0.1, -0.05) is 0 Å². The van der Waals surface area contributed by atoms with E-state index in [2.05, 4.69) is 10.0 Å². The lowest BCUT2D eigenvalue weighted by molar-refractivity contribution is -0.122. The molecular weight excluding hydrogens is 166 g/mol. The third kappa shape index (κ3) is 3.89. The number of aliphatic hydroxyl groups excluding tert-OH is 3. The summed E-state index contributed by atoms with van der Waals surface area (Å²) in [6.07, 6.45) is -3.28. The molecule has 0 aromatic rings. The van der Waals surface area contributed by atoms with Crippen LogP contribution in [-0.2, 0) is 4.79 Å². The first-order valence-corrected chi connectivity index (χ1v) is 3.16. The molecule has 0 rings (SSSR count). The first kappa shape index (κ1) is 10.9. The Morgan fingerprint density at radius 2 is 2.08 bits per heavy atom. The van der Waals surface area contributed by atoms with Crippen LogP contribution in [-0.4, -0.2) is 40.0 Å². The minimum atomic E-state index is -1.40. The van der Waals surface area contributed by atoms with Gasteiger partial charge in [0.2, 0.25) is 5.91 Å². The quantitative estimate of drug-likeness (QED) is 0.285. The highest BCUT2D eigenvalue weighted by Crippen LogP contribution is 1.99. The molecule has 0 saturated heterocycles. The zero-order valence-electron chi connectivity index (χ0n) is 6.16. The van der Waals surface area contributed by atoms with E-state index in [0.717, 1.165) is 0 Å². The van der Waals surface area contributed by atoms with Crippen LogP contribution in [0.2, 0.25) is 0 Å². The summed E-state index contributed by atoms with van der Waals surface area (Å²) in [6, 6.07) is 0. The highest BCUT2D eigenvalue weighted by Gasteiger charge is 2.17. The number of rotatable bonds is 4. The Kier molecular flexibility index (Phi) is 4.98. The predicted octanol–water partition coefficient (Wildman–Crippen LogP) is -1.07. The molecule has 0 bridgehead atoms. The molecule has 68 valence electrons. The van der Waals surface area contributed by atoms with Gasteiger partial charge in [0.15, 0.2) is 0 Å². The Morgan fingerprint density at radius 1 is 1.50 bits per heavy atom. The molecule has 0 aliphatic carbocycles. The maximum absolute atomic E-state index is 10.5. The van der Waals surface area contributed by atoms with E-state index in [-0.39, 0.29) is 0 Å². The highest BCUT2D eigenvalue weighted by molar-refractivity contribution is 5.77. The number of carbonyl (C=O) groups excluding carboxylic acids is 1. The summed E-state index contributed by atoms with van der Waals surface area (Å²) in [5.41, 5.74) is 7.79. The predicted molar refractivity (Wildman–Crippen MR) is 37.9 cm³/mol. The molecule has 7 heteroatoms. The second-order valence-electron chi connectivity index (χ2n) is 2.10. The number of carbonyl (C=O) groups is 1. The van der Waals surface area contributed by atoms with Gasteiger partial charge in [0.1, 0.15) is 6.10 Å². The van der Waals surface area contributed by atoms with Crippen molar-refractivity contribution in [3.63, 3.8) is 0 Å². The summed E-state index contributed by atoms with van der Waals surface area (Å²) in [5.74, 6) is -0.877. The Morgan fingerprint density at radius 3 is 2.50 bits per heavy atom. The van der Waals surface area contributed by atoms with Crippen molar-refractivity contribution in [1.82, 2.24) is 0 Å². The van der Waals surface area contributed by atoms with Gasteiger partial charge in [0.05, 0.1) is 12.7 Å². The molecule has 0 fully saturated rings. The van der Waals surface area contributed by atoms with E-state index in [1.54, 1.807) is 0 Å². The van der Waals surface area contributed by atoms with Crippen molar-refractivity contribution in [2.45, 2.75) is 18.6 Å². The summed E-state index contributed by atoms with van der Waals surface area (Å²) in [7, 11) is 0. The van der Waals surface area contributed by atoms with Crippen molar-refractivity contribution in [2.75, 3.05) is 6.61 Å². The number of hydrogen-bond donors (Lipinski definition) is 3. The van der Waals surface area contributed by atoms with E-state index in [9.17, 15) is 4.79 Å². The average molecular weight is 175 g/mol. The van der Waals surface area contributed by atoms with Gasteiger partial charge in [0.25, 0.3) is 0 Å². The van der Waals surface area contributed by atoms with Crippen molar-refractivity contribution in [2.24, 2.45) is 5.11 Å². The van der Waals surface area contributed by atoms with Gasteiger partial charge in [-0.2, -0.15) is 0 Å². The smallest absolute Gasteiger partial charge is 0.221 e. The van der Waals surface area contributed by atoms with E-state index >= 15 is 0 Å². The monoisotopic (exact) mass is 175 g/mol. The Bertz CT molecular complexity index is 201. The van der Waals surface area contributed by atoms with Crippen LogP contribution in [0.25, 0.3) is 10.4 Å². The molecule has 2 unspecified atom stereocenters. The average Bonchev–Trinajstić information content (AvgIpc) is 2.03. The first-order chi connectivity index (χ1) is 5.61. The number of nitrogens with zero attached hydrogens (tertiary/aromatic N) is 3. The number of hydrogen-bond acceptors (Lipinski definition) is 4. The molecule has 0 aliphatic rings. The molecule has 7 nitrogen and oxygen atoms in total. The molecule has 0 heterocycles. The van der Waals surface area contributed by atoms with Crippen LogP contribution >= 0.6 is 0 Å². The van der Waals surface area contributed by atoms with Crippen LogP contribution in [0, 0.1) is 0 Å². The van der Waals surface area contributed by atoms with E-state index in [0.29, 0.717) is 0 Å². The van der Waals surface area contributed by atoms with Gasteiger partial charge in [-0.25, -0.2) is 0 Å². The van der Waals surface area contributed by atoms with Crippen molar-refractivity contribution in [3.8, 4) is 0 Å². The van der Waals surface area contributed by atoms with E-state index < -0.39 is 31.1 Å². The normalized spacial score (nSPS) is 14.6. The Balaban J connectivity index is 3.91. The van der Waals surface area contributed by atoms with Crippen molar-refractivity contribution >= 4 is 5.91 Å². The van der Waals surface area contributed by atoms with Crippen LogP contribution in [0.5, 0.6) is 0 Å². The number of aliphatic hydroxyl groups is 3. The fraction of sp³-hybridized carbons (Fsp3) is 0.800. The summed E-state index contributed by atoms with van der Waals surface area (Å²) in [4.78, 5) is 12.7. The van der Waals surface area contributed by atoms with Gasteiger partial charge < -0.3 is 15.3 Å². The zero-order valence-corrected chi connectivity index (χ0v) is 6.16. The lowest BCUT2D eigenvalue weighted by Gasteiger charge is -2.12. The van der Waals surface area contributed by atoms with Gasteiger partial charge >= 0.3 is 0 Å². The molecule has 1 amide bonds. The molecular formula is C5H9N3O4. The number of amides is 1. The molecule has 0 radical (unpaired) electrons. The SMILES string of the molecule is [N-]=[N+]=NC(=O)CC(O)C(O)CO. The van der Waals surface area contributed by atoms with Gasteiger partial charge in [-0.05, 0) is 10.6 Å². The fourth-order valence-electron chi connectivity index (χ4n) is 0.527. The summed E-state index contributed by atoms with van der Waals surface area (Å²) in [6.45, 7) is -0.648. The number of azide groups is 1. The lowest BCUT2D eigenvalue weighted by atomic mass is 10.1. The molecule has 3 N–H and O–H groups in total. The molecule has 0 aromatic heterocycles. The van der Waals surface area contributed by atoms with Crippen LogP contribution in [0.4, 0.5) is 0 Å². The van der Waals surface area contributed by atoms with E-state index in [1.807, 2.05) is 0 Å². The minimum Gasteiger partial charge on any atom is -0.394 e. The summed E-state index contributed by atoms with van der Waals surface area (Å²) < 4.78 is 0. The largest absolute Gasteiger partial charge is 0.394 e. The summed E-state index contributed by atoms with van der Waals surface area (Å²) in [5, 5.41) is 28.7. The summed E-state index contributed by atoms with van der Waals surface area (Å²) >= 11 is 0. The molecule has 0 saturated carbocycles. The second-order valence-corrected chi connectivity index (χ2v) is 2.10. The zero-order chi connectivity index (χ0) is 9.56. The van der Waals surface area contributed by atoms with Crippen molar-refractivity contribution in [1.29, 1.82) is 0 Å². The van der Waals surface area contributed by atoms with Crippen LogP contribution < -0.4 is 0 Å². The Hall–Kier alpha value is -1.14. The molecule has 12 heavy (non-hydrogen) atoms. The second kappa shape index (κ2) is 5.50. The molecule has 0 aliphatic heterocycles. The third-order valence-electron chi connectivity index (χ3n) is 1.17. The van der Waals surface area contributed by atoms with Gasteiger partial charge in [-0.3, -0.25) is 4.79 Å². The first-order valence-electron chi connectivity index (χ1n) is 3.16. The highest BCUT2D eigenvalue weighted by atomic mass is 16.4. The molecule has 0 aromatic carbocycles.